The van der Waals surface area contributed by atoms with Crippen molar-refractivity contribution in [1.82, 2.24) is 10.3 Å². The first-order valence-electron chi connectivity index (χ1n) is 11.2. The molecule has 1 fully saturated rings. The zero-order valence-corrected chi connectivity index (χ0v) is 19.8. The Bertz CT molecular complexity index is 1150. The molecule has 2 aromatic carbocycles. The second-order valence-corrected chi connectivity index (χ2v) is 10.4. The molecule has 0 atom stereocenters. The average molecular weight is 452 g/mol. The predicted octanol–water partition coefficient (Wildman–Crippen LogP) is 6.43. The van der Waals surface area contributed by atoms with Gasteiger partial charge >= 0.3 is 0 Å². The van der Waals surface area contributed by atoms with E-state index in [-0.39, 0.29) is 28.4 Å². The van der Waals surface area contributed by atoms with E-state index in [1.807, 2.05) is 19.1 Å². The Balaban J connectivity index is 1.81. The van der Waals surface area contributed by atoms with E-state index in [1.165, 1.54) is 6.07 Å². The smallest absolute Gasteiger partial charge is 0.166 e. The number of aryl methyl sites for hydroxylation is 1. The minimum Gasteiger partial charge on any atom is -0.507 e. The minimum atomic E-state index is -0.904. The third-order valence-electron chi connectivity index (χ3n) is 6.06. The zero-order valence-electron chi connectivity index (χ0n) is 19.8. The van der Waals surface area contributed by atoms with Crippen LogP contribution in [0.3, 0.4) is 0 Å². The van der Waals surface area contributed by atoms with Gasteiger partial charge in [0.1, 0.15) is 11.6 Å². The number of aromatic nitrogens is 1. The third kappa shape index (κ3) is 5.17. The molecule has 0 aliphatic carbocycles. The maximum Gasteiger partial charge on any atom is 0.166 e. The Hall–Kier alpha value is -2.99. The molecular weight excluding hydrogens is 420 g/mol. The van der Waals surface area contributed by atoms with Gasteiger partial charge in [-0.3, -0.25) is 0 Å². The summed E-state index contributed by atoms with van der Waals surface area (Å²) < 4.78 is 28.7. The van der Waals surface area contributed by atoms with E-state index in [0.29, 0.717) is 22.6 Å². The van der Waals surface area contributed by atoms with Gasteiger partial charge in [-0.2, -0.15) is 0 Å². The van der Waals surface area contributed by atoms with Crippen molar-refractivity contribution in [2.24, 2.45) is 0 Å². The molecule has 0 bridgehead atoms. The van der Waals surface area contributed by atoms with E-state index in [0.717, 1.165) is 24.5 Å². The van der Waals surface area contributed by atoms with Crippen LogP contribution in [0.1, 0.15) is 46.1 Å². The maximum absolute atomic E-state index is 14.7. The maximum atomic E-state index is 14.7. The Morgan fingerprint density at radius 2 is 1.67 bits per heavy atom. The first-order valence-corrected chi connectivity index (χ1v) is 11.2. The highest BCUT2D eigenvalue weighted by Gasteiger charge is 2.37. The number of pyridine rings is 1. The van der Waals surface area contributed by atoms with Crippen LogP contribution in [0.4, 0.5) is 14.6 Å². The monoisotopic (exact) mass is 451 g/mol. The number of hydrogen-bond donors (Lipinski definition) is 3. The van der Waals surface area contributed by atoms with Crippen LogP contribution in [0.5, 0.6) is 5.75 Å². The number of halogens is 2. The number of anilines is 1. The second kappa shape index (κ2) is 8.41. The topological polar surface area (TPSA) is 57.2 Å². The lowest BCUT2D eigenvalue weighted by Gasteiger charge is -2.46. The van der Waals surface area contributed by atoms with Crippen molar-refractivity contribution in [2.45, 2.75) is 64.6 Å². The number of phenolic OH excluding ortho intramolecular Hbond substituents is 1. The SMILES string of the molecule is Cc1ccc(O)c(-c2cc(-c3cccc(F)c3F)cc(NC3CC(C)(C)NC(C)(C)C3)n2)c1. The molecule has 3 aromatic rings. The lowest BCUT2D eigenvalue weighted by molar-refractivity contribution is 0.170. The van der Waals surface area contributed by atoms with Gasteiger partial charge in [-0.1, -0.05) is 23.8 Å². The van der Waals surface area contributed by atoms with Gasteiger partial charge in [0.15, 0.2) is 11.6 Å². The van der Waals surface area contributed by atoms with E-state index in [4.69, 9.17) is 4.98 Å². The Morgan fingerprint density at radius 1 is 0.970 bits per heavy atom. The zero-order chi connectivity index (χ0) is 24.0. The summed E-state index contributed by atoms with van der Waals surface area (Å²) in [6.07, 6.45) is 1.75. The van der Waals surface area contributed by atoms with Crippen molar-refractivity contribution >= 4 is 5.82 Å². The third-order valence-corrected chi connectivity index (χ3v) is 6.06. The number of nitrogens with one attached hydrogen (secondary N) is 2. The fourth-order valence-corrected chi connectivity index (χ4v) is 5.11. The fraction of sp³-hybridized carbons (Fsp3) is 0.370. The Morgan fingerprint density at radius 3 is 2.36 bits per heavy atom. The largest absolute Gasteiger partial charge is 0.507 e. The molecule has 2 heterocycles. The van der Waals surface area contributed by atoms with Gasteiger partial charge in [0.05, 0.1) is 5.69 Å². The quantitative estimate of drug-likeness (QED) is 0.428. The summed E-state index contributed by atoms with van der Waals surface area (Å²) in [5.74, 6) is -1.16. The number of aromatic hydroxyl groups is 1. The highest BCUT2D eigenvalue weighted by Crippen LogP contribution is 2.36. The molecule has 1 saturated heterocycles. The van der Waals surface area contributed by atoms with Crippen molar-refractivity contribution in [3.8, 4) is 28.1 Å². The summed E-state index contributed by atoms with van der Waals surface area (Å²) in [7, 11) is 0. The van der Waals surface area contributed by atoms with Crippen molar-refractivity contribution in [3.05, 3.63) is 65.7 Å². The number of benzene rings is 2. The summed E-state index contributed by atoms with van der Waals surface area (Å²) in [6.45, 7) is 10.6. The van der Waals surface area contributed by atoms with E-state index in [2.05, 4.69) is 38.3 Å². The van der Waals surface area contributed by atoms with E-state index in [1.54, 1.807) is 24.3 Å². The summed E-state index contributed by atoms with van der Waals surface area (Å²) in [5, 5.41) is 17.7. The number of piperidine rings is 1. The molecule has 0 amide bonds. The molecule has 0 radical (unpaired) electrons. The number of rotatable bonds is 4. The van der Waals surface area contributed by atoms with Gasteiger partial charge in [-0.15, -0.1) is 0 Å². The molecule has 33 heavy (non-hydrogen) atoms. The lowest BCUT2D eigenvalue weighted by Crippen LogP contribution is -2.60. The summed E-state index contributed by atoms with van der Waals surface area (Å²) in [6, 6.07) is 13.0. The second-order valence-electron chi connectivity index (χ2n) is 10.4. The fourth-order valence-electron chi connectivity index (χ4n) is 5.11. The number of phenols is 1. The van der Waals surface area contributed by atoms with Crippen LogP contribution in [-0.4, -0.2) is 27.2 Å². The standard InChI is InChI=1S/C27H31F2N3O/c1-16-9-10-23(33)20(11-16)22-12-17(19-7-6-8-21(28)25(19)29)13-24(31-22)30-18-14-26(2,3)32-27(4,5)15-18/h6-13,18,32-33H,14-15H2,1-5H3,(H,30,31). The van der Waals surface area contributed by atoms with Crippen LogP contribution >= 0.6 is 0 Å². The van der Waals surface area contributed by atoms with Crippen LogP contribution < -0.4 is 10.6 Å². The molecule has 6 heteroatoms. The highest BCUT2D eigenvalue weighted by molar-refractivity contribution is 5.77. The van der Waals surface area contributed by atoms with Crippen molar-refractivity contribution in [1.29, 1.82) is 0 Å². The van der Waals surface area contributed by atoms with Crippen molar-refractivity contribution in [3.63, 3.8) is 0 Å². The van der Waals surface area contributed by atoms with E-state index >= 15 is 0 Å². The molecule has 0 saturated carbocycles. The molecule has 0 unspecified atom stereocenters. The molecular formula is C27H31F2N3O. The summed E-state index contributed by atoms with van der Waals surface area (Å²) >= 11 is 0. The molecule has 4 nitrogen and oxygen atoms in total. The van der Waals surface area contributed by atoms with Crippen LogP contribution in [0, 0.1) is 18.6 Å². The van der Waals surface area contributed by atoms with Gasteiger partial charge in [-0.05, 0) is 83.4 Å². The Kier molecular flexibility index (Phi) is 5.91. The number of nitrogens with zero attached hydrogens (tertiary/aromatic N) is 1. The van der Waals surface area contributed by atoms with Gasteiger partial charge in [0.2, 0.25) is 0 Å². The van der Waals surface area contributed by atoms with Gasteiger partial charge in [0, 0.05) is 28.2 Å². The van der Waals surface area contributed by atoms with E-state index < -0.39 is 11.6 Å². The molecule has 1 aliphatic heterocycles. The van der Waals surface area contributed by atoms with E-state index in [9.17, 15) is 13.9 Å². The summed E-state index contributed by atoms with van der Waals surface area (Å²) in [5.41, 5.74) is 2.51. The minimum absolute atomic E-state index is 0.0661. The highest BCUT2D eigenvalue weighted by atomic mass is 19.2. The van der Waals surface area contributed by atoms with Gasteiger partial charge < -0.3 is 15.7 Å². The van der Waals surface area contributed by atoms with Crippen LogP contribution in [-0.2, 0) is 0 Å². The molecule has 4 rings (SSSR count). The molecule has 3 N–H and O–H groups in total. The van der Waals surface area contributed by atoms with Gasteiger partial charge in [0.25, 0.3) is 0 Å². The average Bonchev–Trinajstić information content (AvgIpc) is 2.69. The lowest BCUT2D eigenvalue weighted by atomic mass is 9.79. The first kappa shape index (κ1) is 23.2. The normalized spacial score (nSPS) is 17.7. The van der Waals surface area contributed by atoms with Crippen molar-refractivity contribution < 1.29 is 13.9 Å². The van der Waals surface area contributed by atoms with Crippen molar-refractivity contribution in [2.75, 3.05) is 5.32 Å². The molecule has 1 aliphatic rings. The molecule has 174 valence electrons. The van der Waals surface area contributed by atoms with Crippen LogP contribution in [0.15, 0.2) is 48.5 Å². The molecule has 0 spiro atoms. The van der Waals surface area contributed by atoms with Crippen LogP contribution in [0.25, 0.3) is 22.4 Å². The molecule has 1 aromatic heterocycles. The first-order chi connectivity index (χ1) is 15.4. The Labute approximate surface area is 194 Å². The predicted molar refractivity (Wildman–Crippen MR) is 129 cm³/mol. The van der Waals surface area contributed by atoms with Crippen LogP contribution in [0.2, 0.25) is 0 Å². The summed E-state index contributed by atoms with van der Waals surface area (Å²) in [4.78, 5) is 4.77. The number of hydrogen-bond acceptors (Lipinski definition) is 4. The van der Waals surface area contributed by atoms with Gasteiger partial charge in [-0.25, -0.2) is 13.8 Å².